The van der Waals surface area contributed by atoms with Crippen LogP contribution in [0.5, 0.6) is 5.75 Å². The van der Waals surface area contributed by atoms with Crippen LogP contribution in [-0.4, -0.2) is 26.6 Å². The van der Waals surface area contributed by atoms with Crippen molar-refractivity contribution in [3.05, 3.63) is 53.6 Å². The molecule has 0 radical (unpaired) electrons. The molecular weight excluding hydrogens is 338 g/mol. The van der Waals surface area contributed by atoms with Crippen molar-refractivity contribution in [2.45, 2.75) is 31.0 Å². The fourth-order valence-corrected chi connectivity index (χ4v) is 3.18. The van der Waals surface area contributed by atoms with Gasteiger partial charge in [-0.2, -0.15) is 0 Å². The molecule has 0 aliphatic carbocycles. The molecule has 0 spiro atoms. The monoisotopic (exact) mass is 359 g/mol. The molecule has 25 heavy (non-hydrogen) atoms. The van der Waals surface area contributed by atoms with Crippen molar-refractivity contribution in [3.63, 3.8) is 0 Å². The number of nitrogens with zero attached hydrogens (tertiary/aromatic N) is 1. The molecule has 132 valence electrons. The minimum absolute atomic E-state index is 0.202. The van der Waals surface area contributed by atoms with Gasteiger partial charge in [-0.05, 0) is 42.3 Å². The first-order valence-electron chi connectivity index (χ1n) is 7.96. The summed E-state index contributed by atoms with van der Waals surface area (Å²) in [6.45, 7) is 3.17. The molecular formula is C18H21N3O3S. The lowest BCUT2D eigenvalue weighted by molar-refractivity contribution is 0.281. The van der Waals surface area contributed by atoms with Crippen LogP contribution in [0.25, 0.3) is 0 Å². The van der Waals surface area contributed by atoms with Crippen LogP contribution < -0.4 is 15.8 Å². The highest BCUT2D eigenvalue weighted by molar-refractivity contribution is 7.90. The van der Waals surface area contributed by atoms with Gasteiger partial charge in [0.25, 0.3) is 0 Å². The number of rotatable bonds is 5. The lowest BCUT2D eigenvalue weighted by atomic mass is 10.1. The Bertz CT molecular complexity index is 906. The molecule has 1 aliphatic heterocycles. The lowest BCUT2D eigenvalue weighted by Gasteiger charge is -2.21. The predicted octanol–water partition coefficient (Wildman–Crippen LogP) is 2.15. The SMILES string of the molecule is CC1Oc2ccc(CNCc3ccc(S(C)(=O)=O)cc3)cc2N=C1N. The van der Waals surface area contributed by atoms with Crippen molar-refractivity contribution in [2.75, 3.05) is 6.26 Å². The Morgan fingerprint density at radius 2 is 1.76 bits per heavy atom. The van der Waals surface area contributed by atoms with Gasteiger partial charge in [-0.3, -0.25) is 0 Å². The van der Waals surface area contributed by atoms with Gasteiger partial charge in [-0.25, -0.2) is 13.4 Å². The topological polar surface area (TPSA) is 93.8 Å². The van der Waals surface area contributed by atoms with Crippen molar-refractivity contribution in [2.24, 2.45) is 10.7 Å². The molecule has 7 heteroatoms. The third-order valence-electron chi connectivity index (χ3n) is 4.00. The lowest BCUT2D eigenvalue weighted by Crippen LogP contribution is -2.33. The first-order chi connectivity index (χ1) is 11.8. The van der Waals surface area contributed by atoms with E-state index >= 15 is 0 Å². The average molecular weight is 359 g/mol. The van der Waals surface area contributed by atoms with Gasteiger partial charge in [0.05, 0.1) is 4.90 Å². The van der Waals surface area contributed by atoms with Crippen molar-refractivity contribution in [3.8, 4) is 5.75 Å². The Kier molecular flexibility index (Phi) is 4.78. The van der Waals surface area contributed by atoms with Crippen molar-refractivity contribution in [1.82, 2.24) is 5.32 Å². The number of sulfone groups is 1. The molecule has 0 saturated carbocycles. The summed E-state index contributed by atoms with van der Waals surface area (Å²) in [5.41, 5.74) is 8.66. The molecule has 1 unspecified atom stereocenters. The van der Waals surface area contributed by atoms with Gasteiger partial charge >= 0.3 is 0 Å². The van der Waals surface area contributed by atoms with Gasteiger partial charge in [0.1, 0.15) is 17.3 Å². The van der Waals surface area contributed by atoms with Crippen LogP contribution in [0.1, 0.15) is 18.1 Å². The number of ether oxygens (including phenoxy) is 1. The van der Waals surface area contributed by atoms with E-state index in [1.807, 2.05) is 37.3 Å². The highest BCUT2D eigenvalue weighted by Gasteiger charge is 2.18. The summed E-state index contributed by atoms with van der Waals surface area (Å²) in [5.74, 6) is 1.21. The molecule has 2 aromatic rings. The van der Waals surface area contributed by atoms with Gasteiger partial charge in [0.15, 0.2) is 15.9 Å². The summed E-state index contributed by atoms with van der Waals surface area (Å²) < 4.78 is 28.6. The molecule has 6 nitrogen and oxygen atoms in total. The van der Waals surface area contributed by atoms with Crippen molar-refractivity contribution in [1.29, 1.82) is 0 Å². The molecule has 0 amide bonds. The molecule has 1 heterocycles. The van der Waals surface area contributed by atoms with E-state index in [9.17, 15) is 8.42 Å². The number of fused-ring (bicyclic) bond motifs is 1. The number of aliphatic imine (C=N–C) groups is 1. The fourth-order valence-electron chi connectivity index (χ4n) is 2.55. The van der Waals surface area contributed by atoms with Crippen LogP contribution in [0.15, 0.2) is 52.4 Å². The van der Waals surface area contributed by atoms with Gasteiger partial charge < -0.3 is 15.8 Å². The number of benzene rings is 2. The highest BCUT2D eigenvalue weighted by atomic mass is 32.2. The zero-order valence-corrected chi connectivity index (χ0v) is 15.0. The standard InChI is InChI=1S/C18H21N3O3S/c1-12-18(19)21-16-9-14(5-8-17(16)24-12)11-20-10-13-3-6-15(7-4-13)25(2,22)23/h3-9,12,20H,10-11H2,1-2H3,(H2,19,21). The first-order valence-corrected chi connectivity index (χ1v) is 9.85. The van der Waals surface area contributed by atoms with Gasteiger partial charge in [-0.1, -0.05) is 18.2 Å². The van der Waals surface area contributed by atoms with Gasteiger partial charge in [0, 0.05) is 19.3 Å². The second-order valence-electron chi connectivity index (χ2n) is 6.12. The quantitative estimate of drug-likeness (QED) is 0.853. The van der Waals surface area contributed by atoms with Crippen LogP contribution in [0.3, 0.4) is 0 Å². The Morgan fingerprint density at radius 3 is 2.44 bits per heavy atom. The molecule has 3 rings (SSSR count). The molecule has 1 aliphatic rings. The van der Waals surface area contributed by atoms with Crippen molar-refractivity contribution < 1.29 is 13.2 Å². The summed E-state index contributed by atoms with van der Waals surface area (Å²) in [7, 11) is -3.16. The largest absolute Gasteiger partial charge is 0.481 e. The zero-order valence-electron chi connectivity index (χ0n) is 14.2. The predicted molar refractivity (Wildman–Crippen MR) is 97.9 cm³/mol. The second kappa shape index (κ2) is 6.85. The molecule has 2 aromatic carbocycles. The van der Waals surface area contributed by atoms with Crippen LogP contribution in [0, 0.1) is 0 Å². The van der Waals surface area contributed by atoms with E-state index in [2.05, 4.69) is 10.3 Å². The maximum Gasteiger partial charge on any atom is 0.175 e. The fraction of sp³-hybridized carbons (Fsp3) is 0.278. The Morgan fingerprint density at radius 1 is 1.12 bits per heavy atom. The zero-order chi connectivity index (χ0) is 18.0. The molecule has 3 N–H and O–H groups in total. The molecule has 0 saturated heterocycles. The van der Waals surface area contributed by atoms with E-state index in [1.54, 1.807) is 12.1 Å². The summed E-state index contributed by atoms with van der Waals surface area (Å²) in [6, 6.07) is 12.7. The average Bonchev–Trinajstić information content (AvgIpc) is 2.56. The Hall–Kier alpha value is -2.38. The van der Waals surface area contributed by atoms with E-state index in [1.165, 1.54) is 6.26 Å². The Labute approximate surface area is 147 Å². The minimum Gasteiger partial charge on any atom is -0.481 e. The molecule has 0 aromatic heterocycles. The van der Waals surface area contributed by atoms with Crippen LogP contribution >= 0.6 is 0 Å². The number of nitrogens with two attached hydrogens (primary N) is 1. The summed E-state index contributed by atoms with van der Waals surface area (Å²) >= 11 is 0. The smallest absolute Gasteiger partial charge is 0.175 e. The Balaban J connectivity index is 1.61. The third kappa shape index (κ3) is 4.18. The van der Waals surface area contributed by atoms with E-state index in [4.69, 9.17) is 10.5 Å². The van der Waals surface area contributed by atoms with Gasteiger partial charge in [-0.15, -0.1) is 0 Å². The second-order valence-corrected chi connectivity index (χ2v) is 8.13. The van der Waals surface area contributed by atoms with E-state index < -0.39 is 9.84 Å². The van der Waals surface area contributed by atoms with E-state index in [0.717, 1.165) is 22.6 Å². The van der Waals surface area contributed by atoms with E-state index in [0.29, 0.717) is 23.8 Å². The van der Waals surface area contributed by atoms with Crippen LogP contribution in [-0.2, 0) is 22.9 Å². The van der Waals surface area contributed by atoms with Crippen LogP contribution in [0.2, 0.25) is 0 Å². The van der Waals surface area contributed by atoms with E-state index in [-0.39, 0.29) is 6.10 Å². The van der Waals surface area contributed by atoms with Crippen molar-refractivity contribution >= 4 is 21.4 Å². The maximum atomic E-state index is 11.5. The number of hydrogen-bond acceptors (Lipinski definition) is 6. The summed E-state index contributed by atoms with van der Waals surface area (Å²) in [4.78, 5) is 4.70. The molecule has 1 atom stereocenters. The summed E-state index contributed by atoms with van der Waals surface area (Å²) in [5, 5.41) is 3.33. The minimum atomic E-state index is -3.16. The highest BCUT2D eigenvalue weighted by Crippen LogP contribution is 2.32. The molecule has 0 fully saturated rings. The van der Waals surface area contributed by atoms with Crippen LogP contribution in [0.4, 0.5) is 5.69 Å². The number of hydrogen-bond donors (Lipinski definition) is 2. The number of amidine groups is 1. The maximum absolute atomic E-state index is 11.5. The summed E-state index contributed by atoms with van der Waals surface area (Å²) in [6.07, 6.45) is 1.00. The first kappa shape index (κ1) is 17.4. The van der Waals surface area contributed by atoms with Gasteiger partial charge in [0.2, 0.25) is 0 Å². The molecule has 0 bridgehead atoms. The normalized spacial score (nSPS) is 16.7. The third-order valence-corrected chi connectivity index (χ3v) is 5.13. The number of nitrogens with one attached hydrogen (secondary N) is 1.